The van der Waals surface area contributed by atoms with Gasteiger partial charge in [0.2, 0.25) is 0 Å². The SMILES string of the molecule is Cc1cccc(C)c1-c1nocc1Cl. The summed E-state index contributed by atoms with van der Waals surface area (Å²) >= 11 is 5.96. The highest BCUT2D eigenvalue weighted by Crippen LogP contribution is 2.31. The van der Waals surface area contributed by atoms with Gasteiger partial charge in [0.05, 0.1) is 0 Å². The molecule has 0 N–H and O–H groups in total. The van der Waals surface area contributed by atoms with E-state index >= 15 is 0 Å². The van der Waals surface area contributed by atoms with Crippen LogP contribution in [-0.2, 0) is 0 Å². The van der Waals surface area contributed by atoms with Crippen LogP contribution in [0.2, 0.25) is 5.02 Å². The summed E-state index contributed by atoms with van der Waals surface area (Å²) in [5, 5.41) is 4.46. The Balaban J connectivity index is 2.68. The Labute approximate surface area is 87.5 Å². The summed E-state index contributed by atoms with van der Waals surface area (Å²) in [7, 11) is 0. The van der Waals surface area contributed by atoms with Gasteiger partial charge in [-0.05, 0) is 25.0 Å². The molecule has 0 atom stereocenters. The van der Waals surface area contributed by atoms with Gasteiger partial charge in [0, 0.05) is 5.56 Å². The average Bonchev–Trinajstić information content (AvgIpc) is 2.52. The Kier molecular flexibility index (Phi) is 2.30. The molecule has 0 aliphatic carbocycles. The minimum atomic E-state index is 0.558. The second kappa shape index (κ2) is 3.46. The lowest BCUT2D eigenvalue weighted by Crippen LogP contribution is -1.87. The predicted molar refractivity (Wildman–Crippen MR) is 56.4 cm³/mol. The molecule has 3 heteroatoms. The zero-order valence-corrected chi connectivity index (χ0v) is 8.80. The van der Waals surface area contributed by atoms with Crippen LogP contribution >= 0.6 is 11.6 Å². The summed E-state index contributed by atoms with van der Waals surface area (Å²) in [6, 6.07) is 6.09. The van der Waals surface area contributed by atoms with Crippen LogP contribution < -0.4 is 0 Å². The number of hydrogen-bond acceptors (Lipinski definition) is 2. The lowest BCUT2D eigenvalue weighted by Gasteiger charge is -2.05. The normalized spacial score (nSPS) is 10.5. The number of benzene rings is 1. The van der Waals surface area contributed by atoms with Gasteiger partial charge in [-0.1, -0.05) is 35.0 Å². The molecule has 0 saturated carbocycles. The summed E-state index contributed by atoms with van der Waals surface area (Å²) < 4.78 is 4.83. The molecule has 2 rings (SSSR count). The van der Waals surface area contributed by atoms with Crippen molar-refractivity contribution < 1.29 is 4.52 Å². The maximum absolute atomic E-state index is 5.96. The number of aryl methyl sites for hydroxylation is 2. The van der Waals surface area contributed by atoms with Crippen molar-refractivity contribution in [1.82, 2.24) is 5.16 Å². The van der Waals surface area contributed by atoms with Crippen LogP contribution in [0.4, 0.5) is 0 Å². The molecule has 0 aliphatic rings. The number of aromatic nitrogens is 1. The highest BCUT2D eigenvalue weighted by molar-refractivity contribution is 6.32. The Bertz CT molecular complexity index is 442. The molecular formula is C11H10ClNO. The van der Waals surface area contributed by atoms with E-state index in [1.165, 1.54) is 6.26 Å². The molecule has 0 amide bonds. The average molecular weight is 208 g/mol. The third kappa shape index (κ3) is 1.42. The lowest BCUT2D eigenvalue weighted by atomic mass is 10.0. The third-order valence-electron chi connectivity index (χ3n) is 2.24. The van der Waals surface area contributed by atoms with Crippen LogP contribution in [-0.4, -0.2) is 5.16 Å². The van der Waals surface area contributed by atoms with Crippen LogP contribution in [0.3, 0.4) is 0 Å². The van der Waals surface area contributed by atoms with Gasteiger partial charge in [-0.3, -0.25) is 0 Å². The molecule has 1 aromatic heterocycles. The van der Waals surface area contributed by atoms with Crippen LogP contribution in [0.25, 0.3) is 11.3 Å². The van der Waals surface area contributed by atoms with Crippen LogP contribution in [0.1, 0.15) is 11.1 Å². The Hall–Kier alpha value is -1.28. The largest absolute Gasteiger partial charge is 0.363 e. The van der Waals surface area contributed by atoms with E-state index in [4.69, 9.17) is 16.1 Å². The smallest absolute Gasteiger partial charge is 0.143 e. The van der Waals surface area contributed by atoms with Crippen molar-refractivity contribution in [2.75, 3.05) is 0 Å². The highest BCUT2D eigenvalue weighted by Gasteiger charge is 2.12. The molecule has 0 unspecified atom stereocenters. The minimum Gasteiger partial charge on any atom is -0.363 e. The maximum Gasteiger partial charge on any atom is 0.143 e. The highest BCUT2D eigenvalue weighted by atomic mass is 35.5. The molecule has 0 fully saturated rings. The Morgan fingerprint density at radius 3 is 2.36 bits per heavy atom. The molecule has 14 heavy (non-hydrogen) atoms. The minimum absolute atomic E-state index is 0.558. The predicted octanol–water partition coefficient (Wildman–Crippen LogP) is 3.61. The van der Waals surface area contributed by atoms with Gasteiger partial charge in [0.1, 0.15) is 17.0 Å². The molecule has 0 radical (unpaired) electrons. The Morgan fingerprint density at radius 2 is 1.86 bits per heavy atom. The van der Waals surface area contributed by atoms with Crippen molar-refractivity contribution in [2.45, 2.75) is 13.8 Å². The van der Waals surface area contributed by atoms with E-state index in [0.29, 0.717) is 5.02 Å². The monoisotopic (exact) mass is 207 g/mol. The van der Waals surface area contributed by atoms with E-state index in [1.54, 1.807) is 0 Å². The van der Waals surface area contributed by atoms with Gasteiger partial charge in [-0.25, -0.2) is 0 Å². The fraction of sp³-hybridized carbons (Fsp3) is 0.182. The van der Waals surface area contributed by atoms with Crippen molar-refractivity contribution in [2.24, 2.45) is 0 Å². The second-order valence-electron chi connectivity index (χ2n) is 3.28. The van der Waals surface area contributed by atoms with Gasteiger partial charge in [0.15, 0.2) is 0 Å². The summed E-state index contributed by atoms with van der Waals surface area (Å²) in [4.78, 5) is 0. The fourth-order valence-electron chi connectivity index (χ4n) is 1.58. The van der Waals surface area contributed by atoms with Gasteiger partial charge < -0.3 is 4.52 Å². The van der Waals surface area contributed by atoms with E-state index in [-0.39, 0.29) is 0 Å². The van der Waals surface area contributed by atoms with E-state index in [0.717, 1.165) is 22.4 Å². The topological polar surface area (TPSA) is 26.0 Å². The van der Waals surface area contributed by atoms with Crippen LogP contribution in [0.15, 0.2) is 29.0 Å². The van der Waals surface area contributed by atoms with Crippen molar-refractivity contribution in [3.8, 4) is 11.3 Å². The third-order valence-corrected chi connectivity index (χ3v) is 2.51. The van der Waals surface area contributed by atoms with Crippen LogP contribution in [0, 0.1) is 13.8 Å². The first-order valence-electron chi connectivity index (χ1n) is 4.36. The van der Waals surface area contributed by atoms with Crippen molar-refractivity contribution in [3.63, 3.8) is 0 Å². The summed E-state index contributed by atoms with van der Waals surface area (Å²) in [5.74, 6) is 0. The molecule has 0 bridgehead atoms. The lowest BCUT2D eigenvalue weighted by molar-refractivity contribution is 0.422. The first kappa shape index (κ1) is 9.28. The molecular weight excluding hydrogens is 198 g/mol. The van der Waals surface area contributed by atoms with E-state index < -0.39 is 0 Å². The number of hydrogen-bond donors (Lipinski definition) is 0. The zero-order chi connectivity index (χ0) is 10.1. The van der Waals surface area contributed by atoms with Gasteiger partial charge in [-0.2, -0.15) is 0 Å². The first-order chi connectivity index (χ1) is 6.70. The summed E-state index contributed by atoms with van der Waals surface area (Å²) in [5.41, 5.74) is 4.09. The molecule has 1 heterocycles. The van der Waals surface area contributed by atoms with Crippen molar-refractivity contribution >= 4 is 11.6 Å². The molecule has 72 valence electrons. The zero-order valence-electron chi connectivity index (χ0n) is 8.04. The van der Waals surface area contributed by atoms with Crippen molar-refractivity contribution in [1.29, 1.82) is 0 Å². The molecule has 0 spiro atoms. The number of rotatable bonds is 1. The molecule has 2 aromatic rings. The quantitative estimate of drug-likeness (QED) is 0.714. The second-order valence-corrected chi connectivity index (χ2v) is 3.69. The molecule has 0 aliphatic heterocycles. The summed E-state index contributed by atoms with van der Waals surface area (Å²) in [6.45, 7) is 4.07. The standard InChI is InChI=1S/C11H10ClNO/c1-7-4-3-5-8(2)10(7)11-9(12)6-14-13-11/h3-6H,1-2H3. The number of nitrogens with zero attached hydrogens (tertiary/aromatic N) is 1. The first-order valence-corrected chi connectivity index (χ1v) is 4.74. The van der Waals surface area contributed by atoms with Crippen LogP contribution in [0.5, 0.6) is 0 Å². The molecule has 2 nitrogen and oxygen atoms in total. The molecule has 0 saturated heterocycles. The summed E-state index contributed by atoms with van der Waals surface area (Å²) in [6.07, 6.45) is 1.45. The van der Waals surface area contributed by atoms with Gasteiger partial charge >= 0.3 is 0 Å². The fourth-order valence-corrected chi connectivity index (χ4v) is 1.75. The van der Waals surface area contributed by atoms with E-state index in [1.807, 2.05) is 32.0 Å². The van der Waals surface area contributed by atoms with Gasteiger partial charge in [-0.15, -0.1) is 0 Å². The van der Waals surface area contributed by atoms with Gasteiger partial charge in [0.25, 0.3) is 0 Å². The van der Waals surface area contributed by atoms with Crippen molar-refractivity contribution in [3.05, 3.63) is 40.6 Å². The maximum atomic E-state index is 5.96. The van der Waals surface area contributed by atoms with E-state index in [2.05, 4.69) is 5.16 Å². The number of halogens is 1. The Morgan fingerprint density at radius 1 is 1.21 bits per heavy atom. The molecule has 1 aromatic carbocycles. The van der Waals surface area contributed by atoms with E-state index in [9.17, 15) is 0 Å².